The zero-order valence-electron chi connectivity index (χ0n) is 14.3. The van der Waals surface area contributed by atoms with E-state index >= 15 is 0 Å². The molecule has 26 heavy (non-hydrogen) atoms. The topological polar surface area (TPSA) is 18.5 Å². The minimum absolute atomic E-state index is 0.149. The van der Waals surface area contributed by atoms with Gasteiger partial charge in [0.2, 0.25) is 0 Å². The first kappa shape index (κ1) is 16.4. The van der Waals surface area contributed by atoms with Crippen LogP contribution < -0.4 is 9.47 Å². The molecule has 0 fully saturated rings. The first-order chi connectivity index (χ1) is 12.7. The zero-order valence-corrected chi connectivity index (χ0v) is 17.5. The maximum absolute atomic E-state index is 5.77. The van der Waals surface area contributed by atoms with Crippen LogP contribution in [-0.2, 0) is 0 Å². The molecule has 2 unspecified atom stereocenters. The predicted molar refractivity (Wildman–Crippen MR) is 110 cm³/mol. The molecule has 0 radical (unpaired) electrons. The molecular weight excluding hydrogens is 456 g/mol. The summed E-state index contributed by atoms with van der Waals surface area (Å²) < 4.78 is 13.7. The SMILES string of the molecule is COc1ccc(OC)c2c1C1c3ccccc3C2c2cc(Br)c(Br)cc21. The highest BCUT2D eigenvalue weighted by Crippen LogP contribution is 2.60. The molecule has 0 spiro atoms. The number of methoxy groups -OCH3 is 2. The number of rotatable bonds is 2. The van der Waals surface area contributed by atoms with Gasteiger partial charge in [0.15, 0.2) is 0 Å². The van der Waals surface area contributed by atoms with Gasteiger partial charge in [0.05, 0.1) is 14.2 Å². The molecule has 0 amide bonds. The summed E-state index contributed by atoms with van der Waals surface area (Å²) in [5, 5.41) is 0. The minimum Gasteiger partial charge on any atom is -0.496 e. The van der Waals surface area contributed by atoms with Crippen LogP contribution in [0.1, 0.15) is 45.2 Å². The molecule has 2 atom stereocenters. The summed E-state index contributed by atoms with van der Waals surface area (Å²) in [4.78, 5) is 0. The van der Waals surface area contributed by atoms with Gasteiger partial charge in [-0.15, -0.1) is 0 Å². The third kappa shape index (κ3) is 2.03. The van der Waals surface area contributed by atoms with E-state index in [2.05, 4.69) is 68.3 Å². The van der Waals surface area contributed by atoms with Gasteiger partial charge in [0.1, 0.15) is 11.5 Å². The van der Waals surface area contributed by atoms with E-state index < -0.39 is 0 Å². The van der Waals surface area contributed by atoms with Crippen molar-refractivity contribution >= 4 is 31.9 Å². The van der Waals surface area contributed by atoms with Crippen LogP contribution in [0.25, 0.3) is 0 Å². The maximum Gasteiger partial charge on any atom is 0.123 e. The highest BCUT2D eigenvalue weighted by Gasteiger charge is 2.44. The predicted octanol–water partition coefficient (Wildman–Crippen LogP) is 6.22. The lowest BCUT2D eigenvalue weighted by molar-refractivity contribution is 0.389. The van der Waals surface area contributed by atoms with Gasteiger partial charge >= 0.3 is 0 Å². The van der Waals surface area contributed by atoms with Gasteiger partial charge in [-0.1, -0.05) is 24.3 Å². The molecule has 130 valence electrons. The summed E-state index contributed by atoms with van der Waals surface area (Å²) in [6.07, 6.45) is 0. The fraction of sp³-hybridized carbons (Fsp3) is 0.182. The second kappa shape index (κ2) is 5.86. The highest BCUT2D eigenvalue weighted by molar-refractivity contribution is 9.13. The van der Waals surface area contributed by atoms with Crippen molar-refractivity contribution in [2.75, 3.05) is 14.2 Å². The molecule has 4 heteroatoms. The van der Waals surface area contributed by atoms with Gasteiger partial charge < -0.3 is 9.47 Å². The average Bonchev–Trinajstić information content (AvgIpc) is 2.67. The van der Waals surface area contributed by atoms with E-state index in [0.717, 1.165) is 20.4 Å². The van der Waals surface area contributed by atoms with Gasteiger partial charge in [-0.3, -0.25) is 0 Å². The Bertz CT molecular complexity index is 975. The summed E-state index contributed by atoms with van der Waals surface area (Å²) in [5.74, 6) is 2.15. The molecule has 0 saturated carbocycles. The molecule has 3 aliphatic carbocycles. The number of halogens is 2. The lowest BCUT2D eigenvalue weighted by atomic mass is 9.60. The molecule has 3 aliphatic rings. The number of hydrogen-bond acceptors (Lipinski definition) is 2. The summed E-state index contributed by atoms with van der Waals surface area (Å²) >= 11 is 7.37. The molecule has 0 saturated heterocycles. The Morgan fingerprint density at radius 2 is 1.08 bits per heavy atom. The van der Waals surface area contributed by atoms with Gasteiger partial charge in [-0.2, -0.15) is 0 Å². The second-order valence-corrected chi connectivity index (χ2v) is 8.40. The largest absolute Gasteiger partial charge is 0.496 e. The molecular formula is C22H16Br2O2. The Hall–Kier alpha value is -1.78. The van der Waals surface area contributed by atoms with Gasteiger partial charge in [0, 0.05) is 31.9 Å². The Balaban J connectivity index is 1.93. The third-order valence-corrected chi connectivity index (χ3v) is 7.43. The normalized spacial score (nSPS) is 18.8. The molecule has 2 nitrogen and oxygen atoms in total. The van der Waals surface area contributed by atoms with Crippen molar-refractivity contribution in [3.63, 3.8) is 0 Å². The molecule has 0 heterocycles. The van der Waals surface area contributed by atoms with Crippen LogP contribution in [0.3, 0.4) is 0 Å². The van der Waals surface area contributed by atoms with E-state index in [-0.39, 0.29) is 11.8 Å². The van der Waals surface area contributed by atoms with Crippen molar-refractivity contribution < 1.29 is 9.47 Å². The van der Waals surface area contributed by atoms with Crippen molar-refractivity contribution in [3.05, 3.63) is 90.9 Å². The van der Waals surface area contributed by atoms with Crippen LogP contribution in [0.5, 0.6) is 11.5 Å². The minimum atomic E-state index is 0.149. The van der Waals surface area contributed by atoms with Crippen molar-refractivity contribution in [2.24, 2.45) is 0 Å². The summed E-state index contributed by atoms with van der Waals surface area (Å²) in [6, 6.07) is 17.3. The van der Waals surface area contributed by atoms with Gasteiger partial charge in [-0.05, 0) is 78.4 Å². The number of ether oxygens (including phenoxy) is 2. The van der Waals surface area contributed by atoms with E-state index in [1.165, 1.54) is 33.4 Å². The number of hydrogen-bond donors (Lipinski definition) is 0. The Kier molecular flexibility index (Phi) is 3.70. The fourth-order valence-corrected chi connectivity index (χ4v) is 5.34. The standard InChI is InChI=1S/C22H16Br2O2/c1-25-17-7-8-18(26-2)22-20-12-6-4-3-5-11(12)19(21(17)22)13-9-15(23)16(24)10-14(13)20/h3-10,19-20H,1-2H3. The molecule has 2 bridgehead atoms. The summed E-state index contributed by atoms with van der Waals surface area (Å²) in [6.45, 7) is 0. The average molecular weight is 472 g/mol. The molecule has 3 aromatic rings. The lowest BCUT2D eigenvalue weighted by Crippen LogP contribution is -2.28. The zero-order chi connectivity index (χ0) is 18.0. The van der Waals surface area contributed by atoms with Gasteiger partial charge in [-0.25, -0.2) is 0 Å². The number of benzene rings is 3. The Labute approximate surface area is 169 Å². The summed E-state index contributed by atoms with van der Waals surface area (Å²) in [7, 11) is 3.49. The molecule has 0 aliphatic heterocycles. The van der Waals surface area contributed by atoms with Crippen molar-refractivity contribution in [1.82, 2.24) is 0 Å². The van der Waals surface area contributed by atoms with E-state index in [1.54, 1.807) is 14.2 Å². The lowest BCUT2D eigenvalue weighted by Gasteiger charge is -2.43. The van der Waals surface area contributed by atoms with E-state index in [9.17, 15) is 0 Å². The monoisotopic (exact) mass is 470 g/mol. The smallest absolute Gasteiger partial charge is 0.123 e. The molecule has 3 aromatic carbocycles. The second-order valence-electron chi connectivity index (χ2n) is 6.69. The van der Waals surface area contributed by atoms with Crippen molar-refractivity contribution in [2.45, 2.75) is 11.8 Å². The van der Waals surface area contributed by atoms with Crippen molar-refractivity contribution in [3.8, 4) is 11.5 Å². The Morgan fingerprint density at radius 1 is 0.654 bits per heavy atom. The molecule has 6 rings (SSSR count). The van der Waals surface area contributed by atoms with Crippen molar-refractivity contribution in [1.29, 1.82) is 0 Å². The van der Waals surface area contributed by atoms with Crippen LogP contribution in [0, 0.1) is 0 Å². The first-order valence-corrected chi connectivity index (χ1v) is 10.1. The first-order valence-electron chi connectivity index (χ1n) is 8.48. The van der Waals surface area contributed by atoms with Crippen LogP contribution in [0.15, 0.2) is 57.5 Å². The van der Waals surface area contributed by atoms with Crippen LogP contribution in [0.2, 0.25) is 0 Å². The van der Waals surface area contributed by atoms with E-state index in [4.69, 9.17) is 9.47 Å². The van der Waals surface area contributed by atoms with Gasteiger partial charge in [0.25, 0.3) is 0 Å². The molecule has 0 aromatic heterocycles. The quantitative estimate of drug-likeness (QED) is 0.304. The summed E-state index contributed by atoms with van der Waals surface area (Å²) in [5.41, 5.74) is 7.86. The highest BCUT2D eigenvalue weighted by atomic mass is 79.9. The van der Waals surface area contributed by atoms with E-state index in [1.807, 2.05) is 12.1 Å². The van der Waals surface area contributed by atoms with Crippen LogP contribution in [-0.4, -0.2) is 14.2 Å². The van der Waals surface area contributed by atoms with Crippen LogP contribution in [0.4, 0.5) is 0 Å². The maximum atomic E-state index is 5.77. The van der Waals surface area contributed by atoms with E-state index in [0.29, 0.717) is 0 Å². The molecule has 0 N–H and O–H groups in total. The third-order valence-electron chi connectivity index (χ3n) is 5.59. The Morgan fingerprint density at radius 3 is 1.46 bits per heavy atom. The fourth-order valence-electron chi connectivity index (χ4n) is 4.62. The van der Waals surface area contributed by atoms with Crippen LogP contribution >= 0.6 is 31.9 Å².